The fourth-order valence-corrected chi connectivity index (χ4v) is 2.64. The maximum Gasteiger partial charge on any atom is 0.0700 e. The van der Waals surface area contributed by atoms with Crippen LogP contribution in [-0.4, -0.2) is 58.7 Å². The first-order chi connectivity index (χ1) is 8.83. The molecule has 0 aromatic carbocycles. The molecule has 0 N–H and O–H groups in total. The molecule has 1 fully saturated rings. The third kappa shape index (κ3) is 6.48. The molecule has 1 rings (SSSR count). The van der Waals surface area contributed by atoms with Gasteiger partial charge in [0.1, 0.15) is 0 Å². The van der Waals surface area contributed by atoms with Crippen LogP contribution < -0.4 is 0 Å². The molecule has 1 aliphatic heterocycles. The number of rotatable bonds is 10. The average Bonchev–Trinajstić information content (AvgIpc) is 2.43. The summed E-state index contributed by atoms with van der Waals surface area (Å²) in [7, 11) is 1.68. The fourth-order valence-electron chi connectivity index (χ4n) is 1.92. The van der Waals surface area contributed by atoms with Crippen LogP contribution in [0.4, 0.5) is 0 Å². The van der Waals surface area contributed by atoms with Crippen LogP contribution in [0.15, 0.2) is 0 Å². The van der Waals surface area contributed by atoms with Gasteiger partial charge in [-0.2, -0.15) is 0 Å². The summed E-state index contributed by atoms with van der Waals surface area (Å²) < 4.78 is 21.5. The third-order valence-corrected chi connectivity index (χ3v) is 4.44. The summed E-state index contributed by atoms with van der Waals surface area (Å²) in [4.78, 5) is 0. The molecule has 0 unspecified atom stereocenters. The summed E-state index contributed by atoms with van der Waals surface area (Å²) in [5.74, 6) is 0. The van der Waals surface area contributed by atoms with Gasteiger partial charge >= 0.3 is 0 Å². The van der Waals surface area contributed by atoms with Gasteiger partial charge in [0.25, 0.3) is 0 Å². The molecule has 0 aromatic rings. The van der Waals surface area contributed by atoms with E-state index in [0.29, 0.717) is 13.2 Å². The van der Waals surface area contributed by atoms with Crippen LogP contribution in [0.5, 0.6) is 0 Å². The highest BCUT2D eigenvalue weighted by Gasteiger charge is 2.31. The van der Waals surface area contributed by atoms with Crippen LogP contribution in [0.2, 0.25) is 0 Å². The second kappa shape index (κ2) is 10.1. The van der Waals surface area contributed by atoms with E-state index in [2.05, 4.69) is 15.9 Å². The minimum Gasteiger partial charge on any atom is -0.382 e. The van der Waals surface area contributed by atoms with Gasteiger partial charge in [-0.3, -0.25) is 0 Å². The number of halogens is 1. The Hall–Kier alpha value is 0.320. The highest BCUT2D eigenvalue weighted by molar-refractivity contribution is 9.09. The largest absolute Gasteiger partial charge is 0.382 e. The van der Waals surface area contributed by atoms with Crippen LogP contribution in [0.1, 0.15) is 19.3 Å². The van der Waals surface area contributed by atoms with Gasteiger partial charge in [-0.1, -0.05) is 15.9 Å². The Morgan fingerprint density at radius 2 is 1.78 bits per heavy atom. The second-order valence-electron chi connectivity index (χ2n) is 4.76. The van der Waals surface area contributed by atoms with E-state index in [1.54, 1.807) is 7.11 Å². The van der Waals surface area contributed by atoms with E-state index >= 15 is 0 Å². The summed E-state index contributed by atoms with van der Waals surface area (Å²) in [6.07, 6.45) is 3.11. The fraction of sp³-hybridized carbons (Fsp3) is 1.00. The van der Waals surface area contributed by atoms with Crippen molar-refractivity contribution in [2.24, 2.45) is 5.41 Å². The first-order valence-corrected chi connectivity index (χ1v) is 7.73. The SMILES string of the molecule is COCCOCCCOCC1(CBr)CCOCC1. The molecule has 0 saturated carbocycles. The van der Waals surface area contributed by atoms with Crippen LogP contribution in [0, 0.1) is 5.41 Å². The minimum atomic E-state index is 0.273. The van der Waals surface area contributed by atoms with Crippen LogP contribution in [-0.2, 0) is 18.9 Å². The Balaban J connectivity index is 1.98. The van der Waals surface area contributed by atoms with Crippen molar-refractivity contribution >= 4 is 15.9 Å². The van der Waals surface area contributed by atoms with Gasteiger partial charge in [-0.15, -0.1) is 0 Å². The predicted molar refractivity (Wildman–Crippen MR) is 74.4 cm³/mol. The summed E-state index contributed by atoms with van der Waals surface area (Å²) in [6.45, 7) is 5.37. The molecule has 0 atom stereocenters. The molecule has 1 aliphatic rings. The zero-order valence-corrected chi connectivity index (χ0v) is 12.9. The lowest BCUT2D eigenvalue weighted by Gasteiger charge is -2.35. The topological polar surface area (TPSA) is 36.9 Å². The maximum absolute atomic E-state index is 5.78. The van der Waals surface area contributed by atoms with Gasteiger partial charge in [0.15, 0.2) is 0 Å². The molecule has 18 heavy (non-hydrogen) atoms. The number of ether oxygens (including phenoxy) is 4. The van der Waals surface area contributed by atoms with Gasteiger partial charge in [0.05, 0.1) is 19.8 Å². The highest BCUT2D eigenvalue weighted by Crippen LogP contribution is 2.32. The molecule has 0 amide bonds. The molecule has 108 valence electrons. The van der Waals surface area contributed by atoms with Crippen molar-refractivity contribution in [2.75, 3.05) is 58.7 Å². The van der Waals surface area contributed by atoms with Gasteiger partial charge in [0.2, 0.25) is 0 Å². The monoisotopic (exact) mass is 324 g/mol. The number of hydrogen-bond donors (Lipinski definition) is 0. The van der Waals surface area contributed by atoms with Crippen LogP contribution in [0.3, 0.4) is 0 Å². The van der Waals surface area contributed by atoms with Crippen LogP contribution in [0.25, 0.3) is 0 Å². The van der Waals surface area contributed by atoms with Crippen molar-refractivity contribution in [1.82, 2.24) is 0 Å². The molecule has 0 aromatic heterocycles. The zero-order valence-electron chi connectivity index (χ0n) is 11.3. The Morgan fingerprint density at radius 3 is 2.44 bits per heavy atom. The maximum atomic E-state index is 5.78. The van der Waals surface area contributed by atoms with E-state index in [-0.39, 0.29) is 5.41 Å². The van der Waals surface area contributed by atoms with Crippen molar-refractivity contribution in [3.63, 3.8) is 0 Å². The van der Waals surface area contributed by atoms with Crippen molar-refractivity contribution in [2.45, 2.75) is 19.3 Å². The van der Waals surface area contributed by atoms with E-state index in [1.165, 1.54) is 0 Å². The van der Waals surface area contributed by atoms with Gasteiger partial charge in [-0.25, -0.2) is 0 Å². The quantitative estimate of drug-likeness (QED) is 0.456. The first-order valence-electron chi connectivity index (χ1n) is 6.61. The second-order valence-corrected chi connectivity index (χ2v) is 5.32. The summed E-state index contributed by atoms with van der Waals surface area (Å²) >= 11 is 3.61. The van der Waals surface area contributed by atoms with Crippen molar-refractivity contribution in [3.05, 3.63) is 0 Å². The molecule has 5 heteroatoms. The Kier molecular flexibility index (Phi) is 9.23. The summed E-state index contributed by atoms with van der Waals surface area (Å²) in [5.41, 5.74) is 0.273. The Bertz CT molecular complexity index is 195. The Morgan fingerprint density at radius 1 is 1.06 bits per heavy atom. The molecular weight excluding hydrogens is 300 g/mol. The number of alkyl halides is 1. The molecular formula is C13H25BrO4. The van der Waals surface area contributed by atoms with Gasteiger partial charge < -0.3 is 18.9 Å². The normalized spacial score (nSPS) is 19.0. The number of hydrogen-bond acceptors (Lipinski definition) is 4. The van der Waals surface area contributed by atoms with Crippen molar-refractivity contribution < 1.29 is 18.9 Å². The molecule has 0 radical (unpaired) electrons. The van der Waals surface area contributed by atoms with Gasteiger partial charge in [-0.05, 0) is 19.3 Å². The van der Waals surface area contributed by atoms with Gasteiger partial charge in [0, 0.05) is 44.3 Å². The van der Waals surface area contributed by atoms with E-state index < -0.39 is 0 Å². The lowest BCUT2D eigenvalue weighted by atomic mass is 9.83. The van der Waals surface area contributed by atoms with Crippen molar-refractivity contribution in [3.8, 4) is 0 Å². The summed E-state index contributed by atoms with van der Waals surface area (Å²) in [5, 5.41) is 0.994. The van der Waals surface area contributed by atoms with E-state index in [9.17, 15) is 0 Å². The van der Waals surface area contributed by atoms with Crippen molar-refractivity contribution in [1.29, 1.82) is 0 Å². The zero-order chi connectivity index (χ0) is 13.1. The molecule has 0 aliphatic carbocycles. The molecule has 0 spiro atoms. The molecule has 4 nitrogen and oxygen atoms in total. The Labute approximate surface area is 118 Å². The molecule has 0 bridgehead atoms. The lowest BCUT2D eigenvalue weighted by molar-refractivity contribution is -0.0310. The van der Waals surface area contributed by atoms with E-state index in [4.69, 9.17) is 18.9 Å². The van der Waals surface area contributed by atoms with E-state index in [0.717, 1.165) is 57.6 Å². The molecule has 1 heterocycles. The standard InChI is InChI=1S/C13H25BrO4/c1-15-9-10-16-5-2-6-18-12-13(11-14)3-7-17-8-4-13/h2-12H2,1H3. The average molecular weight is 325 g/mol. The minimum absolute atomic E-state index is 0.273. The predicted octanol–water partition coefficient (Wildman–Crippen LogP) is 2.25. The van der Waals surface area contributed by atoms with E-state index in [1.807, 2.05) is 0 Å². The van der Waals surface area contributed by atoms with Crippen LogP contribution >= 0.6 is 15.9 Å². The molecule has 1 saturated heterocycles. The number of methoxy groups -OCH3 is 1. The smallest absolute Gasteiger partial charge is 0.0700 e. The third-order valence-electron chi connectivity index (χ3n) is 3.25. The summed E-state index contributed by atoms with van der Waals surface area (Å²) in [6, 6.07) is 0. The highest BCUT2D eigenvalue weighted by atomic mass is 79.9. The first kappa shape index (κ1) is 16.4. The lowest BCUT2D eigenvalue weighted by Crippen LogP contribution is -2.35.